The molecule has 0 saturated carbocycles. The van der Waals surface area contributed by atoms with Crippen LogP contribution in [0.15, 0.2) is 0 Å². The predicted octanol–water partition coefficient (Wildman–Crippen LogP) is 3.30. The van der Waals surface area contributed by atoms with E-state index in [1.54, 1.807) is 0 Å². The van der Waals surface area contributed by atoms with Gasteiger partial charge in [-0.15, -0.1) is 11.6 Å². The molecule has 0 aliphatic heterocycles. The highest BCUT2D eigenvalue weighted by Crippen LogP contribution is 2.22. The van der Waals surface area contributed by atoms with Gasteiger partial charge in [0, 0.05) is 11.6 Å². The summed E-state index contributed by atoms with van der Waals surface area (Å²) in [5.41, 5.74) is 0. The van der Waals surface area contributed by atoms with Crippen LogP contribution >= 0.6 is 23.4 Å². The van der Waals surface area contributed by atoms with Crippen LogP contribution in [0.25, 0.3) is 0 Å². The molecule has 0 rings (SSSR count). The Hall–Kier alpha value is 0.430. The summed E-state index contributed by atoms with van der Waals surface area (Å²) < 4.78 is 34.6. The molecule has 0 atom stereocenters. The molecule has 0 bridgehead atoms. The van der Waals surface area contributed by atoms with Crippen molar-refractivity contribution >= 4 is 23.4 Å². The van der Waals surface area contributed by atoms with Crippen molar-refractivity contribution in [2.75, 3.05) is 17.4 Å². The van der Waals surface area contributed by atoms with Gasteiger partial charge in [0.2, 0.25) is 0 Å². The molecule has 0 heterocycles. The molecular formula is C6H10ClF3S. The van der Waals surface area contributed by atoms with Gasteiger partial charge >= 0.3 is 6.18 Å². The van der Waals surface area contributed by atoms with E-state index in [1.807, 2.05) is 0 Å². The van der Waals surface area contributed by atoms with E-state index >= 15 is 0 Å². The summed E-state index contributed by atoms with van der Waals surface area (Å²) in [7, 11) is 0. The summed E-state index contributed by atoms with van der Waals surface area (Å²) in [6.07, 6.45) is -3.92. The summed E-state index contributed by atoms with van der Waals surface area (Å²) in [6, 6.07) is 0. The highest BCUT2D eigenvalue weighted by molar-refractivity contribution is 7.99. The van der Waals surface area contributed by atoms with Crippen molar-refractivity contribution in [3.05, 3.63) is 0 Å². The maximum atomic E-state index is 11.5. The molecule has 0 aromatic carbocycles. The van der Waals surface area contributed by atoms with Crippen molar-refractivity contribution in [1.29, 1.82) is 0 Å². The molecule has 0 nitrogen and oxygen atoms in total. The number of hydrogen-bond donors (Lipinski definition) is 0. The van der Waals surface area contributed by atoms with Crippen molar-refractivity contribution in [2.45, 2.75) is 19.0 Å². The number of rotatable bonds is 5. The number of thioether (sulfide) groups is 1. The van der Waals surface area contributed by atoms with Crippen molar-refractivity contribution in [2.24, 2.45) is 0 Å². The lowest BCUT2D eigenvalue weighted by atomic mass is 10.5. The maximum absolute atomic E-state index is 11.5. The van der Waals surface area contributed by atoms with E-state index in [-0.39, 0.29) is 5.75 Å². The second kappa shape index (κ2) is 6.00. The van der Waals surface area contributed by atoms with Crippen LogP contribution in [-0.4, -0.2) is 23.6 Å². The minimum Gasteiger partial charge on any atom is -0.171 e. The Bertz CT molecular complexity index is 94.3. The van der Waals surface area contributed by atoms with Gasteiger partial charge in [-0.3, -0.25) is 0 Å². The first kappa shape index (κ1) is 11.4. The van der Waals surface area contributed by atoms with Crippen molar-refractivity contribution in [3.8, 4) is 0 Å². The highest BCUT2D eigenvalue weighted by Gasteiger charge is 2.25. The summed E-state index contributed by atoms with van der Waals surface area (Å²) >= 11 is 6.64. The average molecular weight is 207 g/mol. The maximum Gasteiger partial charge on any atom is 0.389 e. The molecule has 68 valence electrons. The van der Waals surface area contributed by atoms with Gasteiger partial charge < -0.3 is 0 Å². The van der Waals surface area contributed by atoms with Gasteiger partial charge in [-0.2, -0.15) is 24.9 Å². The third kappa shape index (κ3) is 10.4. The number of alkyl halides is 4. The fourth-order valence-corrected chi connectivity index (χ4v) is 1.67. The van der Waals surface area contributed by atoms with E-state index in [2.05, 4.69) is 0 Å². The molecule has 0 saturated heterocycles. The van der Waals surface area contributed by atoms with Gasteiger partial charge in [-0.05, 0) is 12.2 Å². The lowest BCUT2D eigenvalue weighted by Gasteiger charge is -2.04. The molecule has 0 spiro atoms. The van der Waals surface area contributed by atoms with Crippen LogP contribution in [0.5, 0.6) is 0 Å². The minimum atomic E-state index is -4.01. The smallest absolute Gasteiger partial charge is 0.171 e. The van der Waals surface area contributed by atoms with Gasteiger partial charge in [0.15, 0.2) is 0 Å². The standard InChI is InChI=1S/C6H10ClF3S/c7-3-1-4-11-5-2-6(8,9)10/h1-5H2. The second-order valence-corrected chi connectivity index (χ2v) is 3.62. The molecule has 0 aliphatic carbocycles. The summed E-state index contributed by atoms with van der Waals surface area (Å²) in [5.74, 6) is 1.40. The summed E-state index contributed by atoms with van der Waals surface area (Å²) in [4.78, 5) is 0. The van der Waals surface area contributed by atoms with Crippen molar-refractivity contribution in [3.63, 3.8) is 0 Å². The SMILES string of the molecule is FC(F)(F)CCSCCCCl. The first-order valence-corrected chi connectivity index (χ1v) is 4.95. The highest BCUT2D eigenvalue weighted by atomic mass is 35.5. The Morgan fingerprint density at radius 3 is 2.27 bits per heavy atom. The molecule has 0 aliphatic rings. The minimum absolute atomic E-state index is 0.153. The molecule has 0 aromatic heterocycles. The van der Waals surface area contributed by atoms with Crippen LogP contribution in [0.1, 0.15) is 12.8 Å². The molecule has 0 radical (unpaired) electrons. The van der Waals surface area contributed by atoms with Crippen LogP contribution < -0.4 is 0 Å². The molecule has 11 heavy (non-hydrogen) atoms. The third-order valence-corrected chi connectivity index (χ3v) is 2.29. The Balaban J connectivity index is 3.02. The van der Waals surface area contributed by atoms with E-state index in [1.165, 1.54) is 11.8 Å². The van der Waals surface area contributed by atoms with Crippen LogP contribution in [0.3, 0.4) is 0 Å². The molecule has 5 heteroatoms. The third-order valence-electron chi connectivity index (χ3n) is 0.952. The summed E-state index contributed by atoms with van der Waals surface area (Å²) in [5, 5.41) is 0. The molecule has 0 N–H and O–H groups in total. The number of halogens is 4. The van der Waals surface area contributed by atoms with Gasteiger partial charge in [-0.1, -0.05) is 0 Å². The Labute approximate surface area is 73.5 Å². The Morgan fingerprint density at radius 2 is 1.82 bits per heavy atom. The normalized spacial score (nSPS) is 12.0. The molecule has 0 fully saturated rings. The Morgan fingerprint density at radius 1 is 1.18 bits per heavy atom. The lowest BCUT2D eigenvalue weighted by Crippen LogP contribution is -2.08. The fraction of sp³-hybridized carbons (Fsp3) is 1.00. The van der Waals surface area contributed by atoms with Gasteiger partial charge in [0.1, 0.15) is 0 Å². The van der Waals surface area contributed by atoms with Crippen LogP contribution in [0, 0.1) is 0 Å². The van der Waals surface area contributed by atoms with E-state index < -0.39 is 12.6 Å². The van der Waals surface area contributed by atoms with Crippen molar-refractivity contribution < 1.29 is 13.2 Å². The molecule has 0 aromatic rings. The lowest BCUT2D eigenvalue weighted by molar-refractivity contribution is -0.129. The van der Waals surface area contributed by atoms with E-state index in [0.717, 1.165) is 12.2 Å². The zero-order valence-electron chi connectivity index (χ0n) is 5.96. The first-order chi connectivity index (χ1) is 5.06. The first-order valence-electron chi connectivity index (χ1n) is 3.27. The van der Waals surface area contributed by atoms with E-state index in [0.29, 0.717) is 5.88 Å². The van der Waals surface area contributed by atoms with E-state index in [9.17, 15) is 13.2 Å². The average Bonchev–Trinajstić information content (AvgIpc) is 1.85. The second-order valence-electron chi connectivity index (χ2n) is 2.02. The molecule has 0 unspecified atom stereocenters. The monoisotopic (exact) mass is 206 g/mol. The zero-order chi connectivity index (χ0) is 8.74. The largest absolute Gasteiger partial charge is 0.389 e. The molecular weight excluding hydrogens is 197 g/mol. The summed E-state index contributed by atoms with van der Waals surface area (Å²) in [6.45, 7) is 0. The van der Waals surface area contributed by atoms with Gasteiger partial charge in [0.05, 0.1) is 6.42 Å². The van der Waals surface area contributed by atoms with Gasteiger partial charge in [-0.25, -0.2) is 0 Å². The topological polar surface area (TPSA) is 0 Å². The Kier molecular flexibility index (Phi) is 6.24. The van der Waals surface area contributed by atoms with Crippen LogP contribution in [0.4, 0.5) is 13.2 Å². The fourth-order valence-electron chi connectivity index (χ4n) is 0.447. The number of hydrogen-bond acceptors (Lipinski definition) is 1. The van der Waals surface area contributed by atoms with Gasteiger partial charge in [0.25, 0.3) is 0 Å². The molecule has 0 amide bonds. The van der Waals surface area contributed by atoms with Crippen molar-refractivity contribution in [1.82, 2.24) is 0 Å². The van der Waals surface area contributed by atoms with Crippen LogP contribution in [-0.2, 0) is 0 Å². The zero-order valence-corrected chi connectivity index (χ0v) is 7.53. The van der Waals surface area contributed by atoms with Crippen LogP contribution in [0.2, 0.25) is 0 Å². The quantitative estimate of drug-likeness (QED) is 0.491. The van der Waals surface area contributed by atoms with E-state index in [4.69, 9.17) is 11.6 Å². The predicted molar refractivity (Wildman–Crippen MR) is 43.3 cm³/mol.